The van der Waals surface area contributed by atoms with Gasteiger partial charge in [0.2, 0.25) is 0 Å². The van der Waals surface area contributed by atoms with Crippen molar-refractivity contribution in [3.8, 4) is 0 Å². The molecular weight excluding hydrogens is 497 g/mol. The van der Waals surface area contributed by atoms with E-state index in [4.69, 9.17) is 4.52 Å². The Bertz CT molecular complexity index is 671. The number of rotatable bonds is 4. The molecule has 1 aliphatic rings. The quantitative estimate of drug-likeness (QED) is 0.382. The van der Waals surface area contributed by atoms with E-state index in [-0.39, 0.29) is 24.0 Å². The highest BCUT2D eigenvalue weighted by atomic mass is 127. The van der Waals surface area contributed by atoms with E-state index < -0.39 is 0 Å². The Morgan fingerprint density at radius 1 is 1.28 bits per heavy atom. The molecule has 0 unspecified atom stereocenters. The summed E-state index contributed by atoms with van der Waals surface area (Å²) >= 11 is 3.51. The molecule has 3 rings (SSSR count). The Hall–Kier alpha value is -1.13. The number of aliphatic imine (C=N–C) groups is 1. The number of piperazine rings is 1. The summed E-state index contributed by atoms with van der Waals surface area (Å²) in [6.45, 7) is 5.50. The topological polar surface area (TPSA) is 56.9 Å². The molecule has 0 amide bonds. The summed E-state index contributed by atoms with van der Waals surface area (Å²) in [5, 5.41) is 7.43. The largest absolute Gasteiger partial charge is 0.364 e. The van der Waals surface area contributed by atoms with Gasteiger partial charge in [0.1, 0.15) is 6.26 Å². The van der Waals surface area contributed by atoms with E-state index in [1.165, 1.54) is 5.56 Å². The Morgan fingerprint density at radius 3 is 2.72 bits per heavy atom. The number of benzene rings is 1. The van der Waals surface area contributed by atoms with Crippen molar-refractivity contribution in [1.82, 2.24) is 20.3 Å². The van der Waals surface area contributed by atoms with Gasteiger partial charge in [0.15, 0.2) is 5.96 Å². The predicted molar refractivity (Wildman–Crippen MR) is 113 cm³/mol. The third-order valence-electron chi connectivity index (χ3n) is 4.10. The molecule has 6 nitrogen and oxygen atoms in total. The molecule has 0 spiro atoms. The zero-order valence-electron chi connectivity index (χ0n) is 14.2. The van der Waals surface area contributed by atoms with Crippen LogP contribution in [0.4, 0.5) is 0 Å². The maximum absolute atomic E-state index is 4.90. The molecule has 2 heterocycles. The van der Waals surface area contributed by atoms with Crippen molar-refractivity contribution < 1.29 is 4.52 Å². The van der Waals surface area contributed by atoms with Crippen LogP contribution in [0.2, 0.25) is 0 Å². The van der Waals surface area contributed by atoms with E-state index in [1.807, 2.05) is 25.2 Å². The van der Waals surface area contributed by atoms with Gasteiger partial charge < -0.3 is 14.7 Å². The molecule has 0 bridgehead atoms. The number of nitrogens with one attached hydrogen (secondary N) is 1. The number of nitrogens with zero attached hydrogens (tertiary/aromatic N) is 4. The first kappa shape index (κ1) is 20.2. The van der Waals surface area contributed by atoms with Gasteiger partial charge in [0.25, 0.3) is 0 Å². The monoisotopic (exact) mass is 519 g/mol. The SMILES string of the molecule is CN=C(NCc1cccc(Br)c1)N1CCN(Cc2ccon2)CC1.I. The van der Waals surface area contributed by atoms with Gasteiger partial charge in [-0.1, -0.05) is 33.2 Å². The van der Waals surface area contributed by atoms with Crippen LogP contribution in [0.15, 0.2) is 50.6 Å². The summed E-state index contributed by atoms with van der Waals surface area (Å²) in [5.74, 6) is 0.955. The third kappa shape index (κ3) is 5.96. The van der Waals surface area contributed by atoms with E-state index >= 15 is 0 Å². The Labute approximate surface area is 173 Å². The minimum absolute atomic E-state index is 0. The lowest BCUT2D eigenvalue weighted by atomic mass is 10.2. The molecule has 136 valence electrons. The van der Waals surface area contributed by atoms with Gasteiger partial charge in [-0.2, -0.15) is 0 Å². The molecule has 0 saturated carbocycles. The van der Waals surface area contributed by atoms with Crippen molar-refractivity contribution in [3.05, 3.63) is 52.3 Å². The lowest BCUT2D eigenvalue weighted by molar-refractivity contribution is 0.169. The van der Waals surface area contributed by atoms with Crippen LogP contribution in [0.5, 0.6) is 0 Å². The van der Waals surface area contributed by atoms with Crippen molar-refractivity contribution in [3.63, 3.8) is 0 Å². The number of aromatic nitrogens is 1. The first-order chi connectivity index (χ1) is 11.7. The zero-order valence-corrected chi connectivity index (χ0v) is 18.1. The number of guanidine groups is 1. The van der Waals surface area contributed by atoms with Crippen LogP contribution >= 0.6 is 39.9 Å². The maximum atomic E-state index is 4.90. The van der Waals surface area contributed by atoms with Gasteiger partial charge in [-0.25, -0.2) is 0 Å². The van der Waals surface area contributed by atoms with Gasteiger partial charge in [0.05, 0.1) is 5.69 Å². The summed E-state index contributed by atoms with van der Waals surface area (Å²) in [5.41, 5.74) is 2.22. The van der Waals surface area contributed by atoms with Crippen molar-refractivity contribution in [1.29, 1.82) is 0 Å². The van der Waals surface area contributed by atoms with Gasteiger partial charge >= 0.3 is 0 Å². The Morgan fingerprint density at radius 2 is 2.08 bits per heavy atom. The minimum Gasteiger partial charge on any atom is -0.364 e. The summed E-state index contributed by atoms with van der Waals surface area (Å²) in [4.78, 5) is 9.11. The van der Waals surface area contributed by atoms with Crippen LogP contribution in [-0.2, 0) is 13.1 Å². The zero-order chi connectivity index (χ0) is 16.8. The van der Waals surface area contributed by atoms with E-state index in [9.17, 15) is 0 Å². The minimum atomic E-state index is 0. The molecule has 2 aromatic rings. The first-order valence-electron chi connectivity index (χ1n) is 8.06. The molecule has 8 heteroatoms. The van der Waals surface area contributed by atoms with E-state index in [2.05, 4.69) is 53.3 Å². The summed E-state index contributed by atoms with van der Waals surface area (Å²) in [6, 6.07) is 10.2. The van der Waals surface area contributed by atoms with Crippen molar-refractivity contribution in [2.45, 2.75) is 13.1 Å². The average molecular weight is 520 g/mol. The molecule has 1 aromatic heterocycles. The van der Waals surface area contributed by atoms with Crippen LogP contribution in [-0.4, -0.2) is 54.1 Å². The second-order valence-corrected chi connectivity index (χ2v) is 6.70. The first-order valence-corrected chi connectivity index (χ1v) is 8.85. The Kier molecular flexibility index (Phi) is 8.17. The molecule has 1 N–H and O–H groups in total. The normalized spacial score (nSPS) is 15.8. The fraction of sp³-hybridized carbons (Fsp3) is 0.412. The second kappa shape index (κ2) is 10.1. The van der Waals surface area contributed by atoms with Crippen LogP contribution < -0.4 is 5.32 Å². The summed E-state index contributed by atoms with van der Waals surface area (Å²) in [6.07, 6.45) is 1.62. The van der Waals surface area contributed by atoms with Gasteiger partial charge in [-0.3, -0.25) is 9.89 Å². The smallest absolute Gasteiger partial charge is 0.194 e. The third-order valence-corrected chi connectivity index (χ3v) is 4.59. The van der Waals surface area contributed by atoms with Crippen LogP contribution in [0.3, 0.4) is 0 Å². The van der Waals surface area contributed by atoms with Crippen molar-refractivity contribution >= 4 is 45.9 Å². The van der Waals surface area contributed by atoms with Crippen molar-refractivity contribution in [2.75, 3.05) is 33.2 Å². The highest BCUT2D eigenvalue weighted by Crippen LogP contribution is 2.12. The highest BCUT2D eigenvalue weighted by Gasteiger charge is 2.20. The molecule has 25 heavy (non-hydrogen) atoms. The van der Waals surface area contributed by atoms with Crippen LogP contribution in [0.25, 0.3) is 0 Å². The van der Waals surface area contributed by atoms with Crippen molar-refractivity contribution in [2.24, 2.45) is 4.99 Å². The van der Waals surface area contributed by atoms with Gasteiger partial charge in [0, 0.05) is 56.9 Å². The average Bonchev–Trinajstić information content (AvgIpc) is 3.10. The standard InChI is InChI=1S/C17H22BrN5O.HI/c1-19-17(20-12-14-3-2-4-15(18)11-14)23-8-6-22(7-9-23)13-16-5-10-24-21-16;/h2-5,10-11H,6-9,12-13H2,1H3,(H,19,20);1H. The Balaban J connectivity index is 0.00000225. The van der Waals surface area contributed by atoms with Crippen LogP contribution in [0.1, 0.15) is 11.3 Å². The van der Waals surface area contributed by atoms with E-state index in [0.29, 0.717) is 0 Å². The molecule has 1 saturated heterocycles. The molecule has 0 radical (unpaired) electrons. The molecule has 1 fully saturated rings. The number of halogens is 2. The number of hydrogen-bond acceptors (Lipinski definition) is 4. The molecule has 1 aromatic carbocycles. The summed E-state index contributed by atoms with van der Waals surface area (Å²) in [7, 11) is 1.84. The molecule has 1 aliphatic heterocycles. The number of hydrogen-bond donors (Lipinski definition) is 1. The van der Waals surface area contributed by atoms with E-state index in [0.717, 1.165) is 55.4 Å². The fourth-order valence-corrected chi connectivity index (χ4v) is 3.27. The lowest BCUT2D eigenvalue weighted by Crippen LogP contribution is -2.52. The summed E-state index contributed by atoms with van der Waals surface area (Å²) < 4.78 is 5.99. The maximum Gasteiger partial charge on any atom is 0.194 e. The van der Waals surface area contributed by atoms with Crippen LogP contribution in [0, 0.1) is 0 Å². The highest BCUT2D eigenvalue weighted by molar-refractivity contribution is 14.0. The predicted octanol–water partition coefficient (Wildman–Crippen LogP) is 2.95. The fourth-order valence-electron chi connectivity index (χ4n) is 2.83. The van der Waals surface area contributed by atoms with Gasteiger partial charge in [-0.15, -0.1) is 24.0 Å². The second-order valence-electron chi connectivity index (χ2n) is 5.78. The van der Waals surface area contributed by atoms with Gasteiger partial charge in [-0.05, 0) is 17.7 Å². The molecule has 0 aliphatic carbocycles. The molecule has 0 atom stereocenters. The molecular formula is C17H23BrIN5O. The lowest BCUT2D eigenvalue weighted by Gasteiger charge is -2.36. The van der Waals surface area contributed by atoms with E-state index in [1.54, 1.807) is 6.26 Å².